The summed E-state index contributed by atoms with van der Waals surface area (Å²) in [6.07, 6.45) is 2.63. The van der Waals surface area contributed by atoms with E-state index in [1.807, 2.05) is 48.5 Å². The molecule has 0 spiro atoms. The van der Waals surface area contributed by atoms with Gasteiger partial charge < -0.3 is 25.0 Å². The number of methoxy groups -OCH3 is 1. The van der Waals surface area contributed by atoms with Crippen molar-refractivity contribution in [1.82, 2.24) is 15.5 Å². The lowest BCUT2D eigenvalue weighted by Gasteiger charge is -2.34. The van der Waals surface area contributed by atoms with Crippen molar-refractivity contribution in [2.24, 2.45) is 10.9 Å². The lowest BCUT2D eigenvalue weighted by molar-refractivity contribution is -0.121. The smallest absolute Gasteiger partial charge is 0.220 e. The molecule has 2 aromatic carbocycles. The fourth-order valence-electron chi connectivity index (χ4n) is 3.80. The van der Waals surface area contributed by atoms with Crippen LogP contribution in [0.25, 0.3) is 0 Å². The number of aliphatic imine (C=N–C) groups is 1. The number of amides is 1. The van der Waals surface area contributed by atoms with Crippen molar-refractivity contribution in [3.8, 4) is 17.2 Å². The molecule has 1 heterocycles. The molecule has 0 radical (unpaired) electrons. The molecule has 0 aliphatic carbocycles. The summed E-state index contributed by atoms with van der Waals surface area (Å²) in [6.45, 7) is 5.33. The monoisotopic (exact) mass is 438 g/mol. The molecule has 172 valence electrons. The van der Waals surface area contributed by atoms with Crippen LogP contribution in [0.5, 0.6) is 17.2 Å². The van der Waals surface area contributed by atoms with Crippen LogP contribution in [0.4, 0.5) is 0 Å². The zero-order valence-electron chi connectivity index (χ0n) is 19.3. The van der Waals surface area contributed by atoms with E-state index in [0.29, 0.717) is 30.4 Å². The third-order valence-corrected chi connectivity index (χ3v) is 5.63. The average Bonchev–Trinajstić information content (AvgIpc) is 2.83. The Morgan fingerprint density at radius 1 is 1.09 bits per heavy atom. The molecule has 1 aliphatic heterocycles. The second kappa shape index (κ2) is 12.0. The highest BCUT2D eigenvalue weighted by atomic mass is 16.5. The number of piperidine rings is 1. The van der Waals surface area contributed by atoms with E-state index in [0.717, 1.165) is 49.7 Å². The average molecular weight is 439 g/mol. The zero-order chi connectivity index (χ0) is 22.8. The van der Waals surface area contributed by atoms with Gasteiger partial charge in [-0.1, -0.05) is 24.3 Å². The van der Waals surface area contributed by atoms with Gasteiger partial charge in [-0.15, -0.1) is 0 Å². The van der Waals surface area contributed by atoms with Gasteiger partial charge in [0.2, 0.25) is 5.91 Å². The van der Waals surface area contributed by atoms with Crippen molar-refractivity contribution < 1.29 is 14.3 Å². The van der Waals surface area contributed by atoms with E-state index in [-0.39, 0.29) is 5.91 Å². The number of benzene rings is 2. The Balaban J connectivity index is 1.57. The summed E-state index contributed by atoms with van der Waals surface area (Å²) >= 11 is 0. The minimum atomic E-state index is 0.127. The Kier molecular flexibility index (Phi) is 8.78. The molecule has 0 unspecified atom stereocenters. The lowest BCUT2D eigenvalue weighted by atomic mass is 9.93. The molecule has 1 fully saturated rings. The van der Waals surface area contributed by atoms with E-state index in [1.54, 1.807) is 14.2 Å². The first-order valence-corrected chi connectivity index (χ1v) is 11.3. The maximum Gasteiger partial charge on any atom is 0.220 e. The number of guanidine groups is 1. The molecule has 32 heavy (non-hydrogen) atoms. The Labute approximate surface area is 190 Å². The predicted octanol–water partition coefficient (Wildman–Crippen LogP) is 3.80. The molecule has 0 aromatic heterocycles. The van der Waals surface area contributed by atoms with Gasteiger partial charge in [0.25, 0.3) is 0 Å². The van der Waals surface area contributed by atoms with E-state index in [9.17, 15) is 4.79 Å². The molecule has 1 aliphatic rings. The van der Waals surface area contributed by atoms with Gasteiger partial charge in [0, 0.05) is 33.1 Å². The number of likely N-dealkylation sites (tertiary alicyclic amines) is 1. The van der Waals surface area contributed by atoms with E-state index < -0.39 is 0 Å². The Hall–Kier alpha value is -3.22. The molecule has 0 saturated carbocycles. The number of para-hydroxylation sites is 2. The normalized spacial score (nSPS) is 14.7. The van der Waals surface area contributed by atoms with Gasteiger partial charge in [-0.2, -0.15) is 0 Å². The maximum atomic E-state index is 11.6. The summed E-state index contributed by atoms with van der Waals surface area (Å²) in [4.78, 5) is 18.8. The zero-order valence-corrected chi connectivity index (χ0v) is 19.3. The molecule has 0 bridgehead atoms. The van der Waals surface area contributed by atoms with Crippen LogP contribution < -0.4 is 20.1 Å². The third-order valence-electron chi connectivity index (χ3n) is 5.63. The molecular formula is C25H34N4O3. The molecule has 1 saturated heterocycles. The highest BCUT2D eigenvalue weighted by molar-refractivity contribution is 5.80. The van der Waals surface area contributed by atoms with Crippen LogP contribution in [0, 0.1) is 5.92 Å². The molecular weight excluding hydrogens is 404 g/mol. The fraction of sp³-hybridized carbons (Fsp3) is 0.440. The highest BCUT2D eigenvalue weighted by Crippen LogP contribution is 2.31. The van der Waals surface area contributed by atoms with E-state index >= 15 is 0 Å². The topological polar surface area (TPSA) is 75.2 Å². The Bertz CT molecular complexity index is 890. The van der Waals surface area contributed by atoms with Crippen LogP contribution in [0.2, 0.25) is 0 Å². The van der Waals surface area contributed by atoms with E-state index in [2.05, 4.69) is 22.5 Å². The number of carbonyl (C=O) groups is 1. The number of carbonyl (C=O) groups excluding carboxylic acids is 1. The number of nitrogens with one attached hydrogen (secondary N) is 2. The van der Waals surface area contributed by atoms with Gasteiger partial charge in [0.1, 0.15) is 5.75 Å². The largest absolute Gasteiger partial charge is 0.493 e. The minimum absolute atomic E-state index is 0.127. The van der Waals surface area contributed by atoms with Crippen LogP contribution in [-0.2, 0) is 11.3 Å². The molecule has 0 atom stereocenters. The Morgan fingerprint density at radius 3 is 2.41 bits per heavy atom. The number of hydrogen-bond acceptors (Lipinski definition) is 4. The number of nitrogens with zero attached hydrogens (tertiary/aromatic N) is 2. The second-order valence-electron chi connectivity index (χ2n) is 7.87. The van der Waals surface area contributed by atoms with Crippen molar-refractivity contribution >= 4 is 11.9 Å². The third kappa shape index (κ3) is 6.64. The maximum absolute atomic E-state index is 11.6. The van der Waals surface area contributed by atoms with Gasteiger partial charge in [-0.25, -0.2) is 4.99 Å². The van der Waals surface area contributed by atoms with E-state index in [4.69, 9.17) is 14.5 Å². The van der Waals surface area contributed by atoms with Crippen molar-refractivity contribution in [3.05, 3.63) is 54.1 Å². The van der Waals surface area contributed by atoms with Gasteiger partial charge >= 0.3 is 0 Å². The summed E-state index contributed by atoms with van der Waals surface area (Å²) in [7, 11) is 3.33. The SMILES string of the molecule is CCNC(=NCc1ccc(Oc2ccccc2OC)cc1)N1CCC(CC(=O)NC)CC1. The van der Waals surface area contributed by atoms with Gasteiger partial charge in [0.15, 0.2) is 17.5 Å². The van der Waals surface area contributed by atoms with Gasteiger partial charge in [0.05, 0.1) is 13.7 Å². The fourth-order valence-corrected chi connectivity index (χ4v) is 3.80. The predicted molar refractivity (Wildman–Crippen MR) is 127 cm³/mol. The Morgan fingerprint density at radius 2 is 1.78 bits per heavy atom. The first-order valence-electron chi connectivity index (χ1n) is 11.3. The second-order valence-corrected chi connectivity index (χ2v) is 7.87. The molecule has 1 amide bonds. The van der Waals surface area contributed by atoms with Crippen molar-refractivity contribution in [2.75, 3.05) is 33.8 Å². The summed E-state index contributed by atoms with van der Waals surface area (Å²) in [5.74, 6) is 3.66. The number of rotatable bonds is 8. The molecule has 2 aromatic rings. The summed E-state index contributed by atoms with van der Waals surface area (Å²) in [5, 5.41) is 6.13. The first-order chi connectivity index (χ1) is 15.6. The molecule has 3 rings (SSSR count). The van der Waals surface area contributed by atoms with Crippen LogP contribution in [-0.4, -0.2) is 50.6 Å². The van der Waals surface area contributed by atoms with Crippen molar-refractivity contribution in [3.63, 3.8) is 0 Å². The minimum Gasteiger partial charge on any atom is -0.493 e. The van der Waals surface area contributed by atoms with Crippen LogP contribution >= 0.6 is 0 Å². The number of hydrogen-bond donors (Lipinski definition) is 2. The van der Waals surface area contributed by atoms with Gasteiger partial charge in [-0.3, -0.25) is 4.79 Å². The highest BCUT2D eigenvalue weighted by Gasteiger charge is 2.23. The van der Waals surface area contributed by atoms with E-state index in [1.165, 1.54) is 0 Å². The standard InChI is InChI=1S/C25H34N4O3/c1-4-27-25(29-15-13-19(14-16-29)17-24(30)26-2)28-18-20-9-11-21(12-10-20)32-23-8-6-5-7-22(23)31-3/h5-12,19H,4,13-18H2,1-3H3,(H,26,30)(H,27,28). The van der Waals surface area contributed by atoms with Crippen molar-refractivity contribution in [1.29, 1.82) is 0 Å². The summed E-state index contributed by atoms with van der Waals surface area (Å²) < 4.78 is 11.3. The molecule has 7 nitrogen and oxygen atoms in total. The quantitative estimate of drug-likeness (QED) is 0.484. The van der Waals surface area contributed by atoms with Crippen LogP contribution in [0.3, 0.4) is 0 Å². The first kappa shape index (κ1) is 23.4. The van der Waals surface area contributed by atoms with Crippen LogP contribution in [0.15, 0.2) is 53.5 Å². The molecule has 7 heteroatoms. The summed E-state index contributed by atoms with van der Waals surface area (Å²) in [5.41, 5.74) is 1.11. The summed E-state index contributed by atoms with van der Waals surface area (Å²) in [6, 6.07) is 15.6. The number of ether oxygens (including phenoxy) is 2. The van der Waals surface area contributed by atoms with Crippen molar-refractivity contribution in [2.45, 2.75) is 32.7 Å². The van der Waals surface area contributed by atoms with Crippen LogP contribution in [0.1, 0.15) is 31.7 Å². The lowest BCUT2D eigenvalue weighted by Crippen LogP contribution is -2.46. The molecule has 2 N–H and O–H groups in total. The van der Waals surface area contributed by atoms with Gasteiger partial charge in [-0.05, 0) is 55.5 Å².